The van der Waals surface area contributed by atoms with Gasteiger partial charge in [-0.3, -0.25) is 14.2 Å². The maximum atomic E-state index is 12.7. The summed E-state index contributed by atoms with van der Waals surface area (Å²) in [5, 5.41) is 24.1. The van der Waals surface area contributed by atoms with Crippen molar-refractivity contribution in [1.29, 1.82) is 0 Å². The number of carboxylic acids is 2. The highest BCUT2D eigenvalue weighted by Crippen LogP contribution is 2.17. The Morgan fingerprint density at radius 3 is 2.42 bits per heavy atom. The number of carbonyl (C=O) groups excluding carboxylic acids is 3. The van der Waals surface area contributed by atoms with Crippen molar-refractivity contribution in [1.82, 2.24) is 14.9 Å². The second kappa shape index (κ2) is 7.77. The van der Waals surface area contributed by atoms with Crippen LogP contribution in [-0.2, 0) is 14.4 Å². The van der Waals surface area contributed by atoms with Crippen LogP contribution in [0.4, 0.5) is 0 Å². The Bertz CT molecular complexity index is 905. The van der Waals surface area contributed by atoms with Crippen LogP contribution in [0, 0.1) is 5.92 Å². The monoisotopic (exact) mass is 359 g/mol. The van der Waals surface area contributed by atoms with E-state index in [1.54, 1.807) is 38.1 Å². The first-order valence-electron chi connectivity index (χ1n) is 7.89. The molecule has 0 fully saturated rings. The van der Waals surface area contributed by atoms with Gasteiger partial charge in [-0.25, -0.2) is 4.98 Å². The highest BCUT2D eigenvalue weighted by atomic mass is 16.4. The molecular formula is C17H17N3O6-2. The van der Waals surface area contributed by atoms with Crippen molar-refractivity contribution in [2.45, 2.75) is 32.4 Å². The Morgan fingerprint density at radius 1 is 1.19 bits per heavy atom. The van der Waals surface area contributed by atoms with Crippen LogP contribution in [0.1, 0.15) is 26.3 Å². The molecule has 0 spiro atoms. The van der Waals surface area contributed by atoms with E-state index in [2.05, 4.69) is 10.3 Å². The molecule has 2 rings (SSSR count). The first kappa shape index (κ1) is 19.1. The summed E-state index contributed by atoms with van der Waals surface area (Å²) in [5.41, 5.74) is -0.00409. The summed E-state index contributed by atoms with van der Waals surface area (Å²) >= 11 is 0. The lowest BCUT2D eigenvalue weighted by Gasteiger charge is -2.26. The summed E-state index contributed by atoms with van der Waals surface area (Å²) in [5.74, 6) is -4.63. The molecule has 9 nitrogen and oxygen atoms in total. The molecule has 1 aromatic heterocycles. The first-order valence-corrected chi connectivity index (χ1v) is 7.89. The summed E-state index contributed by atoms with van der Waals surface area (Å²) in [6, 6.07) is 3.75. The lowest BCUT2D eigenvalue weighted by Crippen LogP contribution is -2.53. The van der Waals surface area contributed by atoms with E-state index in [0.717, 1.165) is 4.57 Å². The summed E-state index contributed by atoms with van der Waals surface area (Å²) in [4.78, 5) is 51.1. The summed E-state index contributed by atoms with van der Waals surface area (Å²) < 4.78 is 1.10. The van der Waals surface area contributed by atoms with Crippen LogP contribution in [-0.4, -0.2) is 33.4 Å². The third kappa shape index (κ3) is 4.05. The molecule has 2 atom stereocenters. The quantitative estimate of drug-likeness (QED) is 0.600. The smallest absolute Gasteiger partial charge is 0.261 e. The van der Waals surface area contributed by atoms with Gasteiger partial charge in [0.25, 0.3) is 5.56 Å². The molecule has 0 radical (unpaired) electrons. The standard InChI is InChI=1S/C17H19N3O6/c1-9(2)14(15(23)19-12(17(25)26)7-13(21)22)20-8-18-11-6-4-3-5-10(11)16(20)24/h3-6,8-9,12,14H,7H2,1-2H3,(H,19,23)(H,21,22)(H,25,26)/p-2/t12-,14-/m0/s1. The van der Waals surface area contributed by atoms with E-state index in [1.165, 1.54) is 6.33 Å². The van der Waals surface area contributed by atoms with Crippen molar-refractivity contribution in [3.05, 3.63) is 40.9 Å². The second-order valence-corrected chi connectivity index (χ2v) is 6.12. The van der Waals surface area contributed by atoms with Crippen LogP contribution in [0.15, 0.2) is 35.4 Å². The van der Waals surface area contributed by atoms with Crippen molar-refractivity contribution in [3.8, 4) is 0 Å². The molecule has 2 aromatic rings. The van der Waals surface area contributed by atoms with Crippen LogP contribution in [0.2, 0.25) is 0 Å². The fourth-order valence-corrected chi connectivity index (χ4v) is 2.65. The van der Waals surface area contributed by atoms with Gasteiger partial charge in [-0.2, -0.15) is 0 Å². The molecule has 26 heavy (non-hydrogen) atoms. The number of benzene rings is 1. The fraction of sp³-hybridized carbons (Fsp3) is 0.353. The number of hydrogen-bond acceptors (Lipinski definition) is 7. The Morgan fingerprint density at radius 2 is 1.85 bits per heavy atom. The topological polar surface area (TPSA) is 144 Å². The van der Waals surface area contributed by atoms with Gasteiger partial charge in [-0.15, -0.1) is 0 Å². The molecule has 0 unspecified atom stereocenters. The molecule has 0 saturated heterocycles. The molecule has 0 saturated carbocycles. The van der Waals surface area contributed by atoms with Crippen molar-refractivity contribution >= 4 is 28.7 Å². The average Bonchev–Trinajstić information content (AvgIpc) is 2.56. The highest BCUT2D eigenvalue weighted by Gasteiger charge is 2.28. The molecule has 0 bridgehead atoms. The van der Waals surface area contributed by atoms with E-state index in [-0.39, 0.29) is 0 Å². The third-order valence-electron chi connectivity index (χ3n) is 3.86. The molecule has 1 N–H and O–H groups in total. The molecule has 1 aromatic carbocycles. The van der Waals surface area contributed by atoms with E-state index in [1.807, 2.05) is 0 Å². The molecule has 0 aliphatic rings. The van der Waals surface area contributed by atoms with Crippen LogP contribution < -0.4 is 21.1 Å². The number of amides is 1. The van der Waals surface area contributed by atoms with Crippen molar-refractivity contribution < 1.29 is 24.6 Å². The SMILES string of the molecule is CC(C)[C@@H](C(=O)N[C@@H](CC(=O)[O-])C(=O)[O-])n1cnc2ccccc2c1=O. The largest absolute Gasteiger partial charge is 0.550 e. The van der Waals surface area contributed by atoms with Gasteiger partial charge in [0.1, 0.15) is 6.04 Å². The second-order valence-electron chi connectivity index (χ2n) is 6.12. The lowest BCUT2D eigenvalue weighted by molar-refractivity contribution is -0.317. The molecule has 0 aliphatic carbocycles. The molecule has 138 valence electrons. The van der Waals surface area contributed by atoms with Gasteiger partial charge in [-0.05, 0) is 18.1 Å². The normalized spacial score (nSPS) is 13.3. The number of para-hydroxylation sites is 1. The molecular weight excluding hydrogens is 342 g/mol. The zero-order valence-corrected chi connectivity index (χ0v) is 14.2. The first-order chi connectivity index (χ1) is 12.2. The Balaban J connectivity index is 2.41. The minimum Gasteiger partial charge on any atom is -0.550 e. The van der Waals surface area contributed by atoms with Gasteiger partial charge in [0, 0.05) is 12.4 Å². The predicted octanol–water partition coefficient (Wildman–Crippen LogP) is -2.03. The number of carbonyl (C=O) groups is 3. The molecule has 0 aliphatic heterocycles. The molecule has 1 heterocycles. The van der Waals surface area contributed by atoms with E-state index < -0.39 is 47.8 Å². The Kier molecular flexibility index (Phi) is 5.71. The highest BCUT2D eigenvalue weighted by molar-refractivity contribution is 5.88. The van der Waals surface area contributed by atoms with Gasteiger partial charge in [0.15, 0.2) is 0 Å². The van der Waals surface area contributed by atoms with Gasteiger partial charge in [0.05, 0.1) is 29.2 Å². The van der Waals surface area contributed by atoms with Crippen LogP contribution in [0.25, 0.3) is 10.9 Å². The third-order valence-corrected chi connectivity index (χ3v) is 3.86. The number of fused-ring (bicyclic) bond motifs is 1. The zero-order valence-electron chi connectivity index (χ0n) is 14.2. The van der Waals surface area contributed by atoms with Gasteiger partial charge in [0.2, 0.25) is 5.91 Å². The number of nitrogens with zero attached hydrogens (tertiary/aromatic N) is 2. The van der Waals surface area contributed by atoms with Gasteiger partial charge in [-0.1, -0.05) is 26.0 Å². The Hall–Kier alpha value is -3.23. The maximum absolute atomic E-state index is 12.7. The summed E-state index contributed by atoms with van der Waals surface area (Å²) in [6.07, 6.45) is 0.269. The number of carboxylic acid groups (broad SMARTS) is 2. The fourth-order valence-electron chi connectivity index (χ4n) is 2.65. The van der Waals surface area contributed by atoms with Crippen molar-refractivity contribution in [2.24, 2.45) is 5.92 Å². The number of aromatic nitrogens is 2. The van der Waals surface area contributed by atoms with Crippen LogP contribution in [0.3, 0.4) is 0 Å². The minimum atomic E-state index is -1.77. The lowest BCUT2D eigenvalue weighted by atomic mass is 10.0. The zero-order chi connectivity index (χ0) is 19.4. The predicted molar refractivity (Wildman–Crippen MR) is 86.4 cm³/mol. The summed E-state index contributed by atoms with van der Waals surface area (Å²) in [6.45, 7) is 3.33. The maximum Gasteiger partial charge on any atom is 0.261 e. The number of nitrogens with one attached hydrogen (secondary N) is 1. The van der Waals surface area contributed by atoms with Crippen molar-refractivity contribution in [2.75, 3.05) is 0 Å². The minimum absolute atomic E-state index is 0.305. The Labute approximate surface area is 148 Å². The number of hydrogen-bond donors (Lipinski definition) is 1. The number of aliphatic carboxylic acids is 2. The van der Waals surface area contributed by atoms with Crippen LogP contribution in [0.5, 0.6) is 0 Å². The van der Waals surface area contributed by atoms with E-state index in [4.69, 9.17) is 0 Å². The average molecular weight is 359 g/mol. The van der Waals surface area contributed by atoms with E-state index >= 15 is 0 Å². The van der Waals surface area contributed by atoms with Crippen molar-refractivity contribution in [3.63, 3.8) is 0 Å². The number of rotatable bonds is 7. The van der Waals surface area contributed by atoms with Gasteiger partial charge >= 0.3 is 0 Å². The summed E-state index contributed by atoms with van der Waals surface area (Å²) in [7, 11) is 0. The molecule has 1 amide bonds. The van der Waals surface area contributed by atoms with Crippen LogP contribution >= 0.6 is 0 Å². The van der Waals surface area contributed by atoms with E-state index in [9.17, 15) is 29.4 Å². The van der Waals surface area contributed by atoms with Gasteiger partial charge < -0.3 is 25.1 Å². The molecule has 9 heteroatoms. The van der Waals surface area contributed by atoms with E-state index in [0.29, 0.717) is 10.9 Å².